The van der Waals surface area contributed by atoms with Gasteiger partial charge in [0.05, 0.1) is 27.7 Å². The van der Waals surface area contributed by atoms with E-state index in [1.54, 1.807) is 0 Å². The molecule has 11 heteroatoms. The van der Waals surface area contributed by atoms with Crippen molar-refractivity contribution in [2.24, 2.45) is 0 Å². The molecule has 0 aromatic carbocycles. The van der Waals surface area contributed by atoms with E-state index in [1.165, 1.54) is 57.8 Å². The quantitative estimate of drug-likeness (QED) is 0.0442. The van der Waals surface area contributed by atoms with Crippen LogP contribution in [0, 0.1) is 0 Å². The number of carbonyl (C=O) groups is 3. The molecule has 0 saturated heterocycles. The Balaban J connectivity index is 4.51. The highest BCUT2D eigenvalue weighted by atomic mass is 31.2. The number of ether oxygens (including phenoxy) is 1. The first kappa shape index (κ1) is 38.8. The minimum atomic E-state index is -4.74. The van der Waals surface area contributed by atoms with Crippen molar-refractivity contribution in [3.05, 3.63) is 0 Å². The molecule has 0 aromatic rings. The van der Waals surface area contributed by atoms with Crippen molar-refractivity contribution in [3.8, 4) is 0 Å². The molecule has 10 nitrogen and oxygen atoms in total. The van der Waals surface area contributed by atoms with E-state index in [0.29, 0.717) is 23.7 Å². The molecule has 1 N–H and O–H groups in total. The lowest BCUT2D eigenvalue weighted by molar-refractivity contribution is -0.870. The van der Waals surface area contributed by atoms with Crippen LogP contribution in [0.4, 0.5) is 0 Å². The Labute approximate surface area is 242 Å². The first-order chi connectivity index (χ1) is 18.9. The van der Waals surface area contributed by atoms with Crippen molar-refractivity contribution in [1.29, 1.82) is 0 Å². The van der Waals surface area contributed by atoms with E-state index in [9.17, 15) is 28.9 Å². The van der Waals surface area contributed by atoms with Crippen LogP contribution in [0.25, 0.3) is 0 Å². The van der Waals surface area contributed by atoms with Crippen molar-refractivity contribution < 1.29 is 47.2 Å². The summed E-state index contributed by atoms with van der Waals surface area (Å²) >= 11 is 0. The molecule has 40 heavy (non-hydrogen) atoms. The average Bonchev–Trinajstić information content (AvgIpc) is 2.88. The summed E-state index contributed by atoms with van der Waals surface area (Å²) in [6.07, 6.45) is 12.9. The second kappa shape index (κ2) is 23.4. The minimum Gasteiger partial charge on any atom is -0.756 e. The number of nitrogens with zero attached hydrogens (tertiary/aromatic N) is 1. The number of quaternary nitrogens is 1. The number of unbranched alkanes of at least 4 members (excludes halogenated alkanes) is 13. The summed E-state index contributed by atoms with van der Waals surface area (Å²) in [6.45, 7) is 1.78. The second-order valence-electron chi connectivity index (χ2n) is 11.6. The molecule has 0 spiro atoms. The Hall–Kier alpha value is -1.16. The van der Waals surface area contributed by atoms with Crippen molar-refractivity contribution in [3.63, 3.8) is 0 Å². The molecular formula is C29H56NO9P. The summed E-state index contributed by atoms with van der Waals surface area (Å²) in [5, 5.41) is 10.6. The maximum Gasteiger partial charge on any atom is 0.306 e. The van der Waals surface area contributed by atoms with Gasteiger partial charge in [0.2, 0.25) is 0 Å². The Bertz CT molecular complexity index is 727. The molecule has 0 heterocycles. The number of hydrogen-bond donors (Lipinski definition) is 1. The lowest BCUT2D eigenvalue weighted by Crippen LogP contribution is -2.41. The Morgan fingerprint density at radius 3 is 1.88 bits per heavy atom. The van der Waals surface area contributed by atoms with E-state index in [-0.39, 0.29) is 32.3 Å². The first-order valence-corrected chi connectivity index (χ1v) is 16.6. The number of Topliss-reactive ketones (excluding diaryl/α,β-unsaturated/α-hetero) is 1. The maximum absolute atomic E-state index is 12.6. The zero-order chi connectivity index (χ0) is 30.3. The molecule has 0 radical (unpaired) electrons. The number of carbonyl (C=O) groups excluding carboxylic acids is 3. The van der Waals surface area contributed by atoms with Gasteiger partial charge in [-0.3, -0.25) is 14.2 Å². The molecular weight excluding hydrogens is 537 g/mol. The molecule has 0 aliphatic carbocycles. The van der Waals surface area contributed by atoms with Crippen LogP contribution in [0.2, 0.25) is 0 Å². The zero-order valence-corrected chi connectivity index (χ0v) is 26.4. The van der Waals surface area contributed by atoms with E-state index in [0.717, 1.165) is 19.3 Å². The highest BCUT2D eigenvalue weighted by Crippen LogP contribution is 2.38. The summed E-state index contributed by atoms with van der Waals surface area (Å²) in [6, 6.07) is 0. The number of hydrogen-bond acceptors (Lipinski definition) is 9. The smallest absolute Gasteiger partial charge is 0.306 e. The van der Waals surface area contributed by atoms with E-state index < -0.39 is 38.4 Å². The fourth-order valence-electron chi connectivity index (χ4n) is 4.05. The standard InChI is InChI=1S/C29H56NO9P/c1-5-6-7-8-9-10-11-12-13-14-15-16-17-20-26(32)29(34)27(39-28(33)21-18-19-23-31)25-38-40(35,36)37-24-22-30(2,3)4/h23,27,29,34H,5-22,24-25H2,1-4H3/t27-,29?/m0/s1. The van der Waals surface area contributed by atoms with Gasteiger partial charge in [-0.05, 0) is 12.8 Å². The van der Waals surface area contributed by atoms with Crippen LogP contribution < -0.4 is 4.89 Å². The van der Waals surface area contributed by atoms with Gasteiger partial charge >= 0.3 is 5.97 Å². The number of aldehydes is 1. The molecule has 0 bridgehead atoms. The summed E-state index contributed by atoms with van der Waals surface area (Å²) in [4.78, 5) is 47.4. The van der Waals surface area contributed by atoms with E-state index in [4.69, 9.17) is 13.8 Å². The van der Waals surface area contributed by atoms with E-state index >= 15 is 0 Å². The highest BCUT2D eigenvalue weighted by molar-refractivity contribution is 7.45. The highest BCUT2D eigenvalue weighted by Gasteiger charge is 2.31. The predicted octanol–water partition coefficient (Wildman–Crippen LogP) is 4.89. The number of ketones is 1. The SMILES string of the molecule is CCCCCCCCCCCCCCCC(=O)C(O)[C@H](COP(=O)([O-])OCC[N+](C)(C)C)OC(=O)CCCC=O. The first-order valence-electron chi connectivity index (χ1n) is 15.2. The fraction of sp³-hybridized carbons (Fsp3) is 0.897. The topological polar surface area (TPSA) is 139 Å². The van der Waals surface area contributed by atoms with Crippen molar-refractivity contribution in [2.45, 2.75) is 128 Å². The van der Waals surface area contributed by atoms with E-state index in [2.05, 4.69) is 6.92 Å². The molecule has 0 aromatic heterocycles. The Morgan fingerprint density at radius 2 is 1.38 bits per heavy atom. The fourth-order valence-corrected chi connectivity index (χ4v) is 4.76. The summed E-state index contributed by atoms with van der Waals surface area (Å²) < 4.78 is 27.5. The Kier molecular flexibility index (Phi) is 22.7. The van der Waals surface area contributed by atoms with Crippen LogP contribution in [0.3, 0.4) is 0 Å². The third-order valence-corrected chi connectivity index (χ3v) is 7.57. The van der Waals surface area contributed by atoms with Crippen LogP contribution in [-0.2, 0) is 32.7 Å². The largest absolute Gasteiger partial charge is 0.756 e. The molecule has 0 fully saturated rings. The lowest BCUT2D eigenvalue weighted by atomic mass is 10.0. The van der Waals surface area contributed by atoms with Crippen LogP contribution >= 0.6 is 7.82 Å². The van der Waals surface area contributed by atoms with Gasteiger partial charge in [0.25, 0.3) is 7.82 Å². The summed E-state index contributed by atoms with van der Waals surface area (Å²) in [5.74, 6) is -1.29. The molecule has 0 amide bonds. The number of phosphoric ester groups is 1. The number of aliphatic hydroxyl groups is 1. The Morgan fingerprint density at radius 1 is 0.850 bits per heavy atom. The molecule has 3 atom stereocenters. The van der Waals surface area contributed by atoms with Crippen LogP contribution in [0.1, 0.15) is 116 Å². The number of esters is 1. The van der Waals surface area contributed by atoms with Crippen LogP contribution in [-0.4, -0.2) is 80.7 Å². The van der Waals surface area contributed by atoms with Gasteiger partial charge < -0.3 is 33.1 Å². The van der Waals surface area contributed by atoms with Gasteiger partial charge in [-0.25, -0.2) is 0 Å². The van der Waals surface area contributed by atoms with Crippen LogP contribution in [0.15, 0.2) is 0 Å². The zero-order valence-electron chi connectivity index (χ0n) is 25.5. The minimum absolute atomic E-state index is 0.0904. The monoisotopic (exact) mass is 593 g/mol. The summed E-state index contributed by atoms with van der Waals surface area (Å²) in [7, 11) is 0.880. The predicted molar refractivity (Wildman–Crippen MR) is 154 cm³/mol. The second-order valence-corrected chi connectivity index (χ2v) is 13.0. The third-order valence-electron chi connectivity index (χ3n) is 6.60. The van der Waals surface area contributed by atoms with Crippen molar-refractivity contribution >= 4 is 25.9 Å². The molecule has 0 rings (SSSR count). The van der Waals surface area contributed by atoms with Gasteiger partial charge in [0.15, 0.2) is 18.0 Å². The number of rotatable bonds is 28. The van der Waals surface area contributed by atoms with Crippen molar-refractivity contribution in [2.75, 3.05) is 40.9 Å². The molecule has 0 aliphatic heterocycles. The molecule has 0 aliphatic rings. The van der Waals surface area contributed by atoms with Crippen molar-refractivity contribution in [1.82, 2.24) is 0 Å². The molecule has 0 saturated carbocycles. The van der Waals surface area contributed by atoms with Gasteiger partial charge in [-0.15, -0.1) is 0 Å². The maximum atomic E-state index is 12.6. The van der Waals surface area contributed by atoms with Gasteiger partial charge in [0, 0.05) is 19.3 Å². The van der Waals surface area contributed by atoms with Gasteiger partial charge in [0.1, 0.15) is 19.4 Å². The summed E-state index contributed by atoms with van der Waals surface area (Å²) in [5.41, 5.74) is 0. The third kappa shape index (κ3) is 23.5. The normalized spacial score (nSPS) is 14.8. The van der Waals surface area contributed by atoms with Gasteiger partial charge in [-0.2, -0.15) is 0 Å². The number of phosphoric acid groups is 1. The van der Waals surface area contributed by atoms with E-state index in [1.807, 2.05) is 21.1 Å². The molecule has 236 valence electrons. The number of likely N-dealkylation sites (N-methyl/N-ethyl adjacent to an activating group) is 1. The van der Waals surface area contributed by atoms with Crippen LogP contribution in [0.5, 0.6) is 0 Å². The lowest BCUT2D eigenvalue weighted by Gasteiger charge is -2.29. The van der Waals surface area contributed by atoms with Gasteiger partial charge in [-0.1, -0.05) is 84.0 Å². The number of aliphatic hydroxyl groups excluding tert-OH is 1. The molecule has 2 unspecified atom stereocenters. The average molecular weight is 594 g/mol.